The second kappa shape index (κ2) is 11.4. The van der Waals surface area contributed by atoms with Gasteiger partial charge in [0.15, 0.2) is 17.5 Å². The number of fused-ring (bicyclic) bond motifs is 9. The third-order valence-electron chi connectivity index (χ3n) is 12.2. The van der Waals surface area contributed by atoms with Crippen molar-refractivity contribution in [2.24, 2.45) is 0 Å². The Hall–Kier alpha value is -6.65. The first-order valence-electron chi connectivity index (χ1n) is 19.1. The molecule has 2 aliphatic rings. The summed E-state index contributed by atoms with van der Waals surface area (Å²) >= 11 is 0. The van der Waals surface area contributed by atoms with Crippen LogP contribution in [0.1, 0.15) is 49.9 Å². The average Bonchev–Trinajstić information content (AvgIpc) is 3.76. The molecular formula is C51H38N4. The average molecular weight is 707 g/mol. The summed E-state index contributed by atoms with van der Waals surface area (Å²) in [7, 11) is 0. The molecule has 0 aliphatic heterocycles. The molecule has 0 amide bonds. The highest BCUT2D eigenvalue weighted by Gasteiger charge is 2.38. The summed E-state index contributed by atoms with van der Waals surface area (Å²) < 4.78 is 2.48. The standard InChI is InChI=1S/C51H38N4/c1-50(2)41-24-13-11-22-35(41)37-27-39-40-28-38-36-23-12-14-25-42(36)51(3,4)44(38)30-46(40)55(45(39)29-43(37)50)34-21-15-20-33(26-34)49-53-47(31-16-7-5-8-17-31)52-48(54-49)32-18-9-6-10-19-32/h5-30H,1-4H3. The Morgan fingerprint density at radius 1 is 0.364 bits per heavy atom. The molecule has 2 heterocycles. The van der Waals surface area contributed by atoms with Gasteiger partial charge in [-0.2, -0.15) is 0 Å². The minimum absolute atomic E-state index is 0.126. The Bertz CT molecular complexity index is 2850. The van der Waals surface area contributed by atoms with Gasteiger partial charge >= 0.3 is 0 Å². The molecule has 7 aromatic carbocycles. The first-order valence-corrected chi connectivity index (χ1v) is 19.1. The van der Waals surface area contributed by atoms with E-state index in [2.05, 4.69) is 154 Å². The van der Waals surface area contributed by atoms with Crippen LogP contribution in [-0.2, 0) is 10.8 Å². The molecule has 0 unspecified atom stereocenters. The Morgan fingerprint density at radius 3 is 1.27 bits per heavy atom. The number of hydrogen-bond acceptors (Lipinski definition) is 3. The maximum Gasteiger partial charge on any atom is 0.164 e. The van der Waals surface area contributed by atoms with Gasteiger partial charge in [-0.05, 0) is 80.9 Å². The molecule has 0 N–H and O–H groups in total. The van der Waals surface area contributed by atoms with Gasteiger partial charge in [0.05, 0.1) is 11.0 Å². The van der Waals surface area contributed by atoms with Crippen molar-refractivity contribution in [1.82, 2.24) is 19.5 Å². The fourth-order valence-electron chi connectivity index (χ4n) is 9.40. The number of rotatable bonds is 4. The Labute approximate surface area is 320 Å². The van der Waals surface area contributed by atoms with Gasteiger partial charge in [0.2, 0.25) is 0 Å². The summed E-state index contributed by atoms with van der Waals surface area (Å²) in [6.07, 6.45) is 0. The molecule has 0 atom stereocenters. The van der Waals surface area contributed by atoms with Crippen molar-refractivity contribution in [2.75, 3.05) is 0 Å². The molecule has 2 aromatic heterocycles. The van der Waals surface area contributed by atoms with Crippen LogP contribution >= 0.6 is 0 Å². The van der Waals surface area contributed by atoms with Crippen LogP contribution in [0.25, 0.3) is 83.9 Å². The van der Waals surface area contributed by atoms with E-state index in [1.807, 2.05) is 36.4 Å². The van der Waals surface area contributed by atoms with Crippen molar-refractivity contribution in [3.05, 3.63) is 180 Å². The molecule has 0 radical (unpaired) electrons. The van der Waals surface area contributed by atoms with E-state index in [0.29, 0.717) is 17.5 Å². The summed E-state index contributed by atoms with van der Waals surface area (Å²) in [5.74, 6) is 1.95. The zero-order valence-electron chi connectivity index (χ0n) is 31.3. The van der Waals surface area contributed by atoms with Crippen molar-refractivity contribution in [3.63, 3.8) is 0 Å². The molecule has 0 spiro atoms. The van der Waals surface area contributed by atoms with Crippen LogP contribution in [0.15, 0.2) is 158 Å². The molecular weight excluding hydrogens is 669 g/mol. The van der Waals surface area contributed by atoms with Crippen LogP contribution in [-0.4, -0.2) is 19.5 Å². The van der Waals surface area contributed by atoms with Crippen molar-refractivity contribution >= 4 is 21.8 Å². The number of nitrogens with zero attached hydrogens (tertiary/aromatic N) is 4. The minimum Gasteiger partial charge on any atom is -0.309 e. The van der Waals surface area contributed by atoms with Crippen molar-refractivity contribution in [1.29, 1.82) is 0 Å². The van der Waals surface area contributed by atoms with Crippen molar-refractivity contribution < 1.29 is 0 Å². The maximum atomic E-state index is 5.09. The topological polar surface area (TPSA) is 43.6 Å². The van der Waals surface area contributed by atoms with Crippen LogP contribution in [0, 0.1) is 0 Å². The van der Waals surface area contributed by atoms with Gasteiger partial charge in [0.1, 0.15) is 0 Å². The van der Waals surface area contributed by atoms with Gasteiger partial charge in [-0.15, -0.1) is 0 Å². The molecule has 2 aliphatic carbocycles. The van der Waals surface area contributed by atoms with Crippen molar-refractivity contribution in [3.8, 4) is 62.1 Å². The maximum absolute atomic E-state index is 5.09. The van der Waals surface area contributed by atoms with E-state index < -0.39 is 0 Å². The van der Waals surface area contributed by atoms with Crippen LogP contribution in [0.4, 0.5) is 0 Å². The lowest BCUT2D eigenvalue weighted by Gasteiger charge is -2.22. The van der Waals surface area contributed by atoms with Gasteiger partial charge in [-0.25, -0.2) is 15.0 Å². The van der Waals surface area contributed by atoms with Crippen LogP contribution in [0.5, 0.6) is 0 Å². The fraction of sp³-hybridized carbons (Fsp3) is 0.118. The Balaban J connectivity index is 1.18. The monoisotopic (exact) mass is 706 g/mol. The van der Waals surface area contributed by atoms with E-state index >= 15 is 0 Å². The second-order valence-electron chi connectivity index (χ2n) is 16.1. The first kappa shape index (κ1) is 31.8. The van der Waals surface area contributed by atoms with Gasteiger partial charge < -0.3 is 4.57 Å². The molecule has 11 rings (SSSR count). The molecule has 55 heavy (non-hydrogen) atoms. The third kappa shape index (κ3) is 4.61. The number of aromatic nitrogens is 4. The largest absolute Gasteiger partial charge is 0.309 e. The predicted molar refractivity (Wildman–Crippen MR) is 226 cm³/mol. The summed E-state index contributed by atoms with van der Waals surface area (Å²) in [5.41, 5.74) is 16.9. The van der Waals surface area contributed by atoms with E-state index in [9.17, 15) is 0 Å². The molecule has 4 heteroatoms. The van der Waals surface area contributed by atoms with E-state index in [4.69, 9.17) is 15.0 Å². The second-order valence-corrected chi connectivity index (χ2v) is 16.1. The molecule has 0 bridgehead atoms. The summed E-state index contributed by atoms with van der Waals surface area (Å²) in [6.45, 7) is 9.45. The molecule has 262 valence electrons. The zero-order valence-corrected chi connectivity index (χ0v) is 31.3. The predicted octanol–water partition coefficient (Wildman–Crippen LogP) is 12.6. The SMILES string of the molecule is CC1(C)c2ccccc2-c2cc3c4cc5c(cc4n(-c4cccc(-c6nc(-c7ccccc7)nc(-c7ccccc7)n6)c4)c3cc21)C(C)(C)c1ccccc1-5. The van der Waals surface area contributed by atoms with Crippen LogP contribution in [0.3, 0.4) is 0 Å². The molecule has 0 saturated heterocycles. The van der Waals surface area contributed by atoms with Gasteiger partial charge in [-0.3, -0.25) is 0 Å². The molecule has 4 nitrogen and oxygen atoms in total. The quantitative estimate of drug-likeness (QED) is 0.183. The molecule has 0 saturated carbocycles. The lowest BCUT2D eigenvalue weighted by Crippen LogP contribution is -2.15. The van der Waals surface area contributed by atoms with E-state index in [1.165, 1.54) is 66.3 Å². The van der Waals surface area contributed by atoms with E-state index in [1.54, 1.807) is 0 Å². The fourth-order valence-corrected chi connectivity index (χ4v) is 9.40. The highest BCUT2D eigenvalue weighted by atomic mass is 15.0. The minimum atomic E-state index is -0.126. The summed E-state index contributed by atoms with van der Waals surface area (Å²) in [6, 6.07) is 56.8. The summed E-state index contributed by atoms with van der Waals surface area (Å²) in [4.78, 5) is 15.1. The highest BCUT2D eigenvalue weighted by molar-refractivity contribution is 6.13. The van der Waals surface area contributed by atoms with Crippen molar-refractivity contribution in [2.45, 2.75) is 38.5 Å². The smallest absolute Gasteiger partial charge is 0.164 e. The lowest BCUT2D eigenvalue weighted by molar-refractivity contribution is 0.660. The number of benzene rings is 7. The van der Waals surface area contributed by atoms with Gasteiger partial charge in [-0.1, -0.05) is 149 Å². The van der Waals surface area contributed by atoms with Gasteiger partial charge in [0.25, 0.3) is 0 Å². The molecule has 9 aromatic rings. The van der Waals surface area contributed by atoms with E-state index in [-0.39, 0.29) is 10.8 Å². The molecule has 0 fully saturated rings. The zero-order chi connectivity index (χ0) is 37.1. The number of hydrogen-bond donors (Lipinski definition) is 0. The lowest BCUT2D eigenvalue weighted by atomic mass is 9.82. The summed E-state index contributed by atoms with van der Waals surface area (Å²) in [5, 5.41) is 2.52. The van der Waals surface area contributed by atoms with Crippen LogP contribution in [0.2, 0.25) is 0 Å². The Morgan fingerprint density at radius 2 is 0.782 bits per heavy atom. The first-order chi connectivity index (χ1) is 26.8. The van der Waals surface area contributed by atoms with Gasteiger partial charge in [0, 0.05) is 44.0 Å². The van der Waals surface area contributed by atoms with Crippen LogP contribution < -0.4 is 0 Å². The normalized spacial score (nSPS) is 14.5. The Kier molecular flexibility index (Phi) is 6.61. The highest BCUT2D eigenvalue weighted by Crippen LogP contribution is 2.54. The van der Waals surface area contributed by atoms with E-state index in [0.717, 1.165) is 22.4 Å². The third-order valence-corrected chi connectivity index (χ3v) is 12.2.